The van der Waals surface area contributed by atoms with Gasteiger partial charge in [0.25, 0.3) is 0 Å². The predicted octanol–water partition coefficient (Wildman–Crippen LogP) is 1.68. The zero-order valence-electron chi connectivity index (χ0n) is 8.05. The van der Waals surface area contributed by atoms with Gasteiger partial charge in [-0.05, 0) is 19.3 Å². The fraction of sp³-hybridized carbons (Fsp3) is 1.00. The summed E-state index contributed by atoms with van der Waals surface area (Å²) in [4.78, 5) is 0. The van der Waals surface area contributed by atoms with Crippen LogP contribution in [0.25, 0.3) is 0 Å². The van der Waals surface area contributed by atoms with Gasteiger partial charge in [0, 0.05) is 12.6 Å². The smallest absolute Gasteiger partial charge is 0.0662 e. The molecule has 0 spiro atoms. The molecule has 72 valence electrons. The van der Waals surface area contributed by atoms with Crippen LogP contribution < -0.4 is 5.32 Å². The van der Waals surface area contributed by atoms with E-state index >= 15 is 0 Å². The van der Waals surface area contributed by atoms with Crippen LogP contribution in [-0.4, -0.2) is 23.8 Å². The lowest BCUT2D eigenvalue weighted by Gasteiger charge is -2.23. The Labute approximate surface area is 75.4 Å². The maximum absolute atomic E-state index is 9.33. The van der Waals surface area contributed by atoms with Crippen molar-refractivity contribution in [1.29, 1.82) is 0 Å². The fourth-order valence-corrected chi connectivity index (χ4v) is 1.75. The van der Waals surface area contributed by atoms with Crippen LogP contribution in [0, 0.1) is 0 Å². The predicted molar refractivity (Wildman–Crippen MR) is 51.2 cm³/mol. The van der Waals surface area contributed by atoms with E-state index in [0.29, 0.717) is 6.04 Å². The molecular formula is C10H21NO. The molecule has 0 amide bonds. The molecule has 1 aliphatic carbocycles. The summed E-state index contributed by atoms with van der Waals surface area (Å²) >= 11 is 0. The van der Waals surface area contributed by atoms with E-state index in [9.17, 15) is 5.11 Å². The van der Waals surface area contributed by atoms with E-state index in [0.717, 1.165) is 13.0 Å². The van der Waals surface area contributed by atoms with E-state index in [-0.39, 0.29) is 6.10 Å². The lowest BCUT2D eigenvalue weighted by Crippen LogP contribution is -2.36. The Morgan fingerprint density at radius 1 is 1.33 bits per heavy atom. The summed E-state index contributed by atoms with van der Waals surface area (Å²) in [5.74, 6) is 0. The topological polar surface area (TPSA) is 32.3 Å². The third kappa shape index (κ3) is 3.55. The maximum Gasteiger partial charge on any atom is 0.0662 e. The molecule has 12 heavy (non-hydrogen) atoms. The van der Waals surface area contributed by atoms with Crippen molar-refractivity contribution >= 4 is 0 Å². The average molecular weight is 171 g/mol. The molecule has 0 bridgehead atoms. The summed E-state index contributed by atoms with van der Waals surface area (Å²) in [6.07, 6.45) is 7.44. The zero-order chi connectivity index (χ0) is 8.81. The molecule has 2 nitrogen and oxygen atoms in total. The van der Waals surface area contributed by atoms with E-state index < -0.39 is 0 Å². The Hall–Kier alpha value is -0.0800. The van der Waals surface area contributed by atoms with Gasteiger partial charge in [-0.25, -0.2) is 0 Å². The summed E-state index contributed by atoms with van der Waals surface area (Å²) < 4.78 is 0. The molecule has 0 radical (unpaired) electrons. The third-order valence-electron chi connectivity index (χ3n) is 2.72. The number of rotatable bonds is 4. The maximum atomic E-state index is 9.33. The molecule has 0 aromatic carbocycles. The highest BCUT2D eigenvalue weighted by molar-refractivity contribution is 4.72. The van der Waals surface area contributed by atoms with Crippen LogP contribution >= 0.6 is 0 Å². The van der Waals surface area contributed by atoms with E-state index in [1.165, 1.54) is 32.1 Å². The monoisotopic (exact) mass is 171 g/mol. The SMILES string of the molecule is CCC(O)CNC1CCCCC1. The van der Waals surface area contributed by atoms with Gasteiger partial charge in [0.1, 0.15) is 0 Å². The molecule has 1 fully saturated rings. The van der Waals surface area contributed by atoms with Crippen molar-refractivity contribution in [2.45, 2.75) is 57.6 Å². The van der Waals surface area contributed by atoms with Crippen molar-refractivity contribution in [3.05, 3.63) is 0 Å². The number of hydrogen-bond donors (Lipinski definition) is 2. The van der Waals surface area contributed by atoms with Crippen molar-refractivity contribution in [1.82, 2.24) is 5.32 Å². The summed E-state index contributed by atoms with van der Waals surface area (Å²) in [5.41, 5.74) is 0. The van der Waals surface area contributed by atoms with E-state index in [1.807, 2.05) is 6.92 Å². The minimum Gasteiger partial charge on any atom is -0.392 e. The third-order valence-corrected chi connectivity index (χ3v) is 2.72. The van der Waals surface area contributed by atoms with Gasteiger partial charge in [-0.15, -0.1) is 0 Å². The molecule has 0 aromatic heterocycles. The first kappa shape index (κ1) is 10.0. The standard InChI is InChI=1S/C10H21NO/c1-2-10(12)8-11-9-6-4-3-5-7-9/h9-12H,2-8H2,1H3. The molecule has 2 N–H and O–H groups in total. The van der Waals surface area contributed by atoms with Gasteiger partial charge >= 0.3 is 0 Å². The Kier molecular flexibility index (Phi) is 4.62. The second-order valence-electron chi connectivity index (χ2n) is 3.81. The van der Waals surface area contributed by atoms with Gasteiger partial charge in [-0.2, -0.15) is 0 Å². The van der Waals surface area contributed by atoms with Crippen LogP contribution in [0.2, 0.25) is 0 Å². The van der Waals surface area contributed by atoms with Crippen molar-refractivity contribution < 1.29 is 5.11 Å². The molecular weight excluding hydrogens is 150 g/mol. The average Bonchev–Trinajstić information content (AvgIpc) is 2.16. The molecule has 2 heteroatoms. The minimum atomic E-state index is -0.146. The molecule has 0 saturated heterocycles. The second-order valence-corrected chi connectivity index (χ2v) is 3.81. The molecule has 1 atom stereocenters. The first-order valence-corrected chi connectivity index (χ1v) is 5.24. The van der Waals surface area contributed by atoms with Crippen LogP contribution in [-0.2, 0) is 0 Å². The molecule has 1 rings (SSSR count). The highest BCUT2D eigenvalue weighted by Crippen LogP contribution is 2.17. The molecule has 1 unspecified atom stereocenters. The summed E-state index contributed by atoms with van der Waals surface area (Å²) in [5, 5.41) is 12.7. The number of hydrogen-bond acceptors (Lipinski definition) is 2. The van der Waals surface area contributed by atoms with Crippen LogP contribution in [0.4, 0.5) is 0 Å². The molecule has 0 aliphatic heterocycles. The first-order chi connectivity index (χ1) is 5.83. The quantitative estimate of drug-likeness (QED) is 0.674. The Balaban J connectivity index is 2.05. The highest BCUT2D eigenvalue weighted by atomic mass is 16.3. The van der Waals surface area contributed by atoms with Gasteiger partial charge < -0.3 is 10.4 Å². The van der Waals surface area contributed by atoms with E-state index in [2.05, 4.69) is 5.32 Å². The Bertz CT molecular complexity index is 110. The van der Waals surface area contributed by atoms with Gasteiger partial charge in [0.2, 0.25) is 0 Å². The highest BCUT2D eigenvalue weighted by Gasteiger charge is 2.13. The second kappa shape index (κ2) is 5.55. The fourth-order valence-electron chi connectivity index (χ4n) is 1.75. The minimum absolute atomic E-state index is 0.146. The summed E-state index contributed by atoms with van der Waals surface area (Å²) in [6, 6.07) is 0.681. The van der Waals surface area contributed by atoms with Crippen LogP contribution in [0.1, 0.15) is 45.4 Å². The van der Waals surface area contributed by atoms with Crippen molar-refractivity contribution in [2.75, 3.05) is 6.54 Å². The largest absolute Gasteiger partial charge is 0.392 e. The van der Waals surface area contributed by atoms with Crippen molar-refractivity contribution in [3.8, 4) is 0 Å². The normalized spacial score (nSPS) is 22.5. The Morgan fingerprint density at radius 3 is 2.58 bits per heavy atom. The van der Waals surface area contributed by atoms with E-state index in [1.54, 1.807) is 0 Å². The molecule has 0 aromatic rings. The van der Waals surface area contributed by atoms with Gasteiger partial charge in [0.15, 0.2) is 0 Å². The molecule has 1 aliphatic rings. The number of nitrogens with one attached hydrogen (secondary N) is 1. The van der Waals surface area contributed by atoms with Crippen LogP contribution in [0.5, 0.6) is 0 Å². The van der Waals surface area contributed by atoms with Crippen molar-refractivity contribution in [3.63, 3.8) is 0 Å². The lowest BCUT2D eigenvalue weighted by molar-refractivity contribution is 0.159. The van der Waals surface area contributed by atoms with E-state index in [4.69, 9.17) is 0 Å². The number of aliphatic hydroxyl groups excluding tert-OH is 1. The van der Waals surface area contributed by atoms with Crippen molar-refractivity contribution in [2.24, 2.45) is 0 Å². The van der Waals surface area contributed by atoms with Gasteiger partial charge in [0.05, 0.1) is 6.10 Å². The number of aliphatic hydroxyl groups is 1. The molecule has 0 heterocycles. The Morgan fingerprint density at radius 2 is 2.00 bits per heavy atom. The van der Waals surface area contributed by atoms with Crippen LogP contribution in [0.3, 0.4) is 0 Å². The molecule has 1 saturated carbocycles. The summed E-state index contributed by atoms with van der Waals surface area (Å²) in [6.45, 7) is 2.80. The van der Waals surface area contributed by atoms with Gasteiger partial charge in [-0.1, -0.05) is 26.2 Å². The summed E-state index contributed by atoms with van der Waals surface area (Å²) in [7, 11) is 0. The van der Waals surface area contributed by atoms with Gasteiger partial charge in [-0.3, -0.25) is 0 Å². The lowest BCUT2D eigenvalue weighted by atomic mass is 9.95. The first-order valence-electron chi connectivity index (χ1n) is 5.24. The zero-order valence-corrected chi connectivity index (χ0v) is 8.05. The van der Waals surface area contributed by atoms with Crippen LogP contribution in [0.15, 0.2) is 0 Å².